The van der Waals surface area contributed by atoms with Crippen LogP contribution in [0.2, 0.25) is 0 Å². The van der Waals surface area contributed by atoms with Gasteiger partial charge in [0.25, 0.3) is 5.91 Å². The Labute approximate surface area is 148 Å². The van der Waals surface area contributed by atoms with Gasteiger partial charge in [0, 0.05) is 11.3 Å². The van der Waals surface area contributed by atoms with Crippen molar-refractivity contribution in [2.75, 3.05) is 5.32 Å². The van der Waals surface area contributed by atoms with Crippen LogP contribution in [0.25, 0.3) is 0 Å². The molecule has 0 aliphatic carbocycles. The van der Waals surface area contributed by atoms with Gasteiger partial charge in [-0.3, -0.25) is 9.59 Å². The fraction of sp³-hybridized carbons (Fsp3) is 0.300. The number of carbonyl (C=O) groups excluding carboxylic acids is 2. The van der Waals surface area contributed by atoms with Crippen molar-refractivity contribution < 1.29 is 14.3 Å². The molecule has 0 radical (unpaired) electrons. The zero-order valence-electron chi connectivity index (χ0n) is 15.0. The maximum Gasteiger partial charge on any atom is 0.265 e. The standard InChI is InChI=1S/C20H24N2O3/c1-13(25-17-7-5-6-15(12-17)20(2,3)4)19(24)22-16-10-8-14(9-11-16)18(21)23/h5-13H,1-4H3,(H2,21,23)(H,22,24). The van der Waals surface area contributed by atoms with Gasteiger partial charge in [0.15, 0.2) is 6.10 Å². The minimum absolute atomic E-state index is 0.00698. The number of nitrogens with two attached hydrogens (primary N) is 1. The van der Waals surface area contributed by atoms with Crippen LogP contribution in [0.4, 0.5) is 5.69 Å². The van der Waals surface area contributed by atoms with E-state index in [-0.39, 0.29) is 11.3 Å². The first kappa shape index (κ1) is 18.5. The van der Waals surface area contributed by atoms with Gasteiger partial charge in [-0.15, -0.1) is 0 Å². The maximum atomic E-state index is 12.3. The fourth-order valence-corrected chi connectivity index (χ4v) is 2.26. The first-order valence-electron chi connectivity index (χ1n) is 8.15. The quantitative estimate of drug-likeness (QED) is 0.874. The third-order valence-corrected chi connectivity index (χ3v) is 3.82. The van der Waals surface area contributed by atoms with Gasteiger partial charge in [-0.2, -0.15) is 0 Å². The van der Waals surface area contributed by atoms with Crippen LogP contribution < -0.4 is 15.8 Å². The predicted octanol–water partition coefficient (Wildman–Crippen LogP) is 3.49. The Morgan fingerprint density at radius 3 is 2.28 bits per heavy atom. The Morgan fingerprint density at radius 1 is 1.08 bits per heavy atom. The van der Waals surface area contributed by atoms with Crippen LogP contribution in [0.15, 0.2) is 48.5 Å². The molecule has 2 rings (SSSR count). The highest BCUT2D eigenvalue weighted by atomic mass is 16.5. The van der Waals surface area contributed by atoms with E-state index in [1.807, 2.05) is 24.3 Å². The second kappa shape index (κ2) is 7.38. The van der Waals surface area contributed by atoms with E-state index < -0.39 is 12.0 Å². The predicted molar refractivity (Wildman–Crippen MR) is 98.8 cm³/mol. The lowest BCUT2D eigenvalue weighted by Gasteiger charge is -2.21. The molecule has 0 aliphatic rings. The van der Waals surface area contributed by atoms with Gasteiger partial charge in [0.1, 0.15) is 5.75 Å². The molecule has 5 nitrogen and oxygen atoms in total. The van der Waals surface area contributed by atoms with E-state index in [1.165, 1.54) is 0 Å². The molecule has 1 atom stereocenters. The Morgan fingerprint density at radius 2 is 1.72 bits per heavy atom. The number of primary amides is 1. The normalized spacial score (nSPS) is 12.3. The van der Waals surface area contributed by atoms with Crippen molar-refractivity contribution in [1.82, 2.24) is 0 Å². The van der Waals surface area contributed by atoms with Gasteiger partial charge in [-0.25, -0.2) is 0 Å². The van der Waals surface area contributed by atoms with Gasteiger partial charge in [-0.05, 0) is 54.3 Å². The van der Waals surface area contributed by atoms with Crippen molar-refractivity contribution in [1.29, 1.82) is 0 Å². The Balaban J connectivity index is 2.02. The lowest BCUT2D eigenvalue weighted by Crippen LogP contribution is -2.30. The number of carbonyl (C=O) groups is 2. The van der Waals surface area contributed by atoms with E-state index in [2.05, 4.69) is 26.1 Å². The Kier molecular flexibility index (Phi) is 5.47. The van der Waals surface area contributed by atoms with Crippen LogP contribution in [0.5, 0.6) is 5.75 Å². The summed E-state index contributed by atoms with van der Waals surface area (Å²) < 4.78 is 5.76. The molecule has 0 aromatic heterocycles. The van der Waals surface area contributed by atoms with Crippen LogP contribution in [0.1, 0.15) is 43.6 Å². The molecule has 2 aromatic carbocycles. The molecule has 0 aliphatic heterocycles. The molecule has 0 bridgehead atoms. The monoisotopic (exact) mass is 340 g/mol. The highest BCUT2D eigenvalue weighted by molar-refractivity contribution is 5.96. The Hall–Kier alpha value is -2.82. The summed E-state index contributed by atoms with van der Waals surface area (Å²) in [6, 6.07) is 14.1. The number of hydrogen-bond donors (Lipinski definition) is 2. The molecular weight excluding hydrogens is 316 g/mol. The smallest absolute Gasteiger partial charge is 0.265 e. The van der Waals surface area contributed by atoms with E-state index in [1.54, 1.807) is 31.2 Å². The van der Waals surface area contributed by atoms with E-state index in [9.17, 15) is 9.59 Å². The third kappa shape index (κ3) is 5.08. The van der Waals surface area contributed by atoms with Gasteiger partial charge < -0.3 is 15.8 Å². The van der Waals surface area contributed by atoms with Gasteiger partial charge in [0.2, 0.25) is 5.91 Å². The lowest BCUT2D eigenvalue weighted by molar-refractivity contribution is -0.122. The first-order valence-corrected chi connectivity index (χ1v) is 8.15. The van der Waals surface area contributed by atoms with Gasteiger partial charge >= 0.3 is 0 Å². The van der Waals surface area contributed by atoms with Crippen LogP contribution >= 0.6 is 0 Å². The van der Waals surface area contributed by atoms with Crippen LogP contribution in [0, 0.1) is 0 Å². The average molecular weight is 340 g/mol. The summed E-state index contributed by atoms with van der Waals surface area (Å²) in [5.74, 6) is -0.125. The zero-order valence-corrected chi connectivity index (χ0v) is 15.0. The topological polar surface area (TPSA) is 81.4 Å². The van der Waals surface area contributed by atoms with Crippen LogP contribution in [0.3, 0.4) is 0 Å². The number of rotatable bonds is 5. The highest BCUT2D eigenvalue weighted by Gasteiger charge is 2.18. The van der Waals surface area contributed by atoms with Crippen molar-refractivity contribution in [3.05, 3.63) is 59.7 Å². The molecule has 1 unspecified atom stereocenters. The summed E-state index contributed by atoms with van der Waals surface area (Å²) in [7, 11) is 0. The molecule has 25 heavy (non-hydrogen) atoms. The van der Waals surface area contributed by atoms with Crippen molar-refractivity contribution in [3.63, 3.8) is 0 Å². The number of anilines is 1. The second-order valence-corrected chi connectivity index (χ2v) is 6.97. The molecule has 0 fully saturated rings. The molecule has 3 N–H and O–H groups in total. The molecule has 5 heteroatoms. The molecule has 2 amide bonds. The molecular formula is C20H24N2O3. The summed E-state index contributed by atoms with van der Waals surface area (Å²) in [6.07, 6.45) is -0.661. The number of nitrogens with one attached hydrogen (secondary N) is 1. The minimum Gasteiger partial charge on any atom is -0.481 e. The van der Waals surface area contributed by atoms with E-state index in [4.69, 9.17) is 10.5 Å². The van der Waals surface area contributed by atoms with Crippen LogP contribution in [-0.2, 0) is 10.2 Å². The number of hydrogen-bond acceptors (Lipinski definition) is 3. The summed E-state index contributed by atoms with van der Waals surface area (Å²) in [4.78, 5) is 23.3. The fourth-order valence-electron chi connectivity index (χ4n) is 2.26. The first-order chi connectivity index (χ1) is 11.7. The zero-order chi connectivity index (χ0) is 18.6. The molecule has 0 spiro atoms. The minimum atomic E-state index is -0.661. The summed E-state index contributed by atoms with van der Waals surface area (Å²) in [6.45, 7) is 8.06. The maximum absolute atomic E-state index is 12.3. The average Bonchev–Trinajstić information content (AvgIpc) is 2.54. The molecule has 0 saturated heterocycles. The Bertz CT molecular complexity index is 761. The number of benzene rings is 2. The third-order valence-electron chi connectivity index (χ3n) is 3.82. The van der Waals surface area contributed by atoms with E-state index >= 15 is 0 Å². The number of ether oxygens (including phenoxy) is 1. The summed E-state index contributed by atoms with van der Waals surface area (Å²) in [5, 5.41) is 2.76. The molecule has 2 aromatic rings. The number of amides is 2. The van der Waals surface area contributed by atoms with Crippen LogP contribution in [-0.4, -0.2) is 17.9 Å². The largest absolute Gasteiger partial charge is 0.481 e. The van der Waals surface area contributed by atoms with Crippen molar-refractivity contribution >= 4 is 17.5 Å². The second-order valence-electron chi connectivity index (χ2n) is 6.97. The van der Waals surface area contributed by atoms with Crippen molar-refractivity contribution in [2.24, 2.45) is 5.73 Å². The van der Waals surface area contributed by atoms with Crippen molar-refractivity contribution in [3.8, 4) is 5.75 Å². The summed E-state index contributed by atoms with van der Waals surface area (Å²) in [5.41, 5.74) is 7.31. The lowest BCUT2D eigenvalue weighted by atomic mass is 9.87. The van der Waals surface area contributed by atoms with E-state index in [0.29, 0.717) is 17.0 Å². The summed E-state index contributed by atoms with van der Waals surface area (Å²) >= 11 is 0. The van der Waals surface area contributed by atoms with Gasteiger partial charge in [0.05, 0.1) is 0 Å². The van der Waals surface area contributed by atoms with Crippen molar-refractivity contribution in [2.45, 2.75) is 39.2 Å². The van der Waals surface area contributed by atoms with Gasteiger partial charge in [-0.1, -0.05) is 32.9 Å². The molecule has 0 saturated carbocycles. The highest BCUT2D eigenvalue weighted by Crippen LogP contribution is 2.26. The molecule has 132 valence electrons. The SMILES string of the molecule is CC(Oc1cccc(C(C)(C)C)c1)C(=O)Nc1ccc(C(N)=O)cc1. The molecule has 0 heterocycles. The van der Waals surface area contributed by atoms with E-state index in [0.717, 1.165) is 5.56 Å².